The van der Waals surface area contributed by atoms with Crippen LogP contribution in [0.3, 0.4) is 0 Å². The molecule has 1 aliphatic rings. The molecule has 2 heterocycles. The first kappa shape index (κ1) is 19.8. The minimum atomic E-state index is -1.42. The molecular weight excluding hydrogens is 385 g/mol. The standard InChI is InChI=1S/C23H22FN3O3/c1-25-21(28)17-9-7-16(8-10-17)20-15-19(26-30-20)22(29)27-13-11-23(24,12-14-27)18-5-3-2-4-6-18/h2-10,15H,11-14H2,1H3,(H,25,28). The lowest BCUT2D eigenvalue weighted by atomic mass is 9.86. The summed E-state index contributed by atoms with van der Waals surface area (Å²) < 4.78 is 20.6. The van der Waals surface area contributed by atoms with Crippen molar-refractivity contribution in [2.24, 2.45) is 0 Å². The maximum absolute atomic E-state index is 15.3. The molecule has 1 saturated heterocycles. The van der Waals surface area contributed by atoms with Crippen LogP contribution < -0.4 is 5.32 Å². The molecule has 154 valence electrons. The van der Waals surface area contributed by atoms with Gasteiger partial charge >= 0.3 is 0 Å². The third-order valence-electron chi connectivity index (χ3n) is 5.52. The van der Waals surface area contributed by atoms with Crippen LogP contribution in [0.4, 0.5) is 4.39 Å². The Bertz CT molecular complexity index is 1040. The van der Waals surface area contributed by atoms with Crippen LogP contribution in [0.5, 0.6) is 0 Å². The second-order valence-electron chi connectivity index (χ2n) is 7.36. The lowest BCUT2D eigenvalue weighted by Crippen LogP contribution is -2.43. The minimum Gasteiger partial charge on any atom is -0.355 e. The van der Waals surface area contributed by atoms with Crippen LogP contribution in [0.2, 0.25) is 0 Å². The van der Waals surface area contributed by atoms with E-state index in [1.807, 2.05) is 18.2 Å². The van der Waals surface area contributed by atoms with E-state index >= 15 is 4.39 Å². The molecule has 0 atom stereocenters. The molecule has 0 spiro atoms. The number of alkyl halides is 1. The quantitative estimate of drug-likeness (QED) is 0.714. The number of carbonyl (C=O) groups is 2. The lowest BCUT2D eigenvalue weighted by molar-refractivity contribution is 0.0414. The molecule has 0 unspecified atom stereocenters. The second-order valence-corrected chi connectivity index (χ2v) is 7.36. The smallest absolute Gasteiger partial charge is 0.276 e. The van der Waals surface area contributed by atoms with Gasteiger partial charge in [-0.1, -0.05) is 47.6 Å². The van der Waals surface area contributed by atoms with Gasteiger partial charge in [0.05, 0.1) is 0 Å². The predicted molar refractivity (Wildman–Crippen MR) is 110 cm³/mol. The summed E-state index contributed by atoms with van der Waals surface area (Å²) in [6.45, 7) is 0.625. The molecule has 2 amide bonds. The van der Waals surface area contributed by atoms with Gasteiger partial charge in [0.25, 0.3) is 11.8 Å². The molecule has 2 aromatic carbocycles. The van der Waals surface area contributed by atoms with Crippen molar-refractivity contribution < 1.29 is 18.5 Å². The Hall–Kier alpha value is -3.48. The van der Waals surface area contributed by atoms with Gasteiger partial charge in [0.15, 0.2) is 11.5 Å². The first-order valence-electron chi connectivity index (χ1n) is 9.83. The van der Waals surface area contributed by atoms with Crippen molar-refractivity contribution in [2.45, 2.75) is 18.5 Å². The van der Waals surface area contributed by atoms with E-state index < -0.39 is 5.67 Å². The molecule has 4 rings (SSSR count). The summed E-state index contributed by atoms with van der Waals surface area (Å²) >= 11 is 0. The molecule has 0 bridgehead atoms. The zero-order valence-electron chi connectivity index (χ0n) is 16.6. The topological polar surface area (TPSA) is 75.4 Å². The van der Waals surface area contributed by atoms with Crippen LogP contribution in [0.25, 0.3) is 11.3 Å². The van der Waals surface area contributed by atoms with Crippen LogP contribution in [0.1, 0.15) is 39.3 Å². The monoisotopic (exact) mass is 407 g/mol. The van der Waals surface area contributed by atoms with Crippen molar-refractivity contribution in [3.05, 3.63) is 77.5 Å². The summed E-state index contributed by atoms with van der Waals surface area (Å²) in [6.07, 6.45) is 0.489. The zero-order chi connectivity index (χ0) is 21.1. The molecule has 0 saturated carbocycles. The summed E-state index contributed by atoms with van der Waals surface area (Å²) in [5.41, 5.74) is 0.658. The Kier molecular flexibility index (Phi) is 5.35. The first-order valence-corrected chi connectivity index (χ1v) is 9.83. The Balaban J connectivity index is 1.43. The Morgan fingerprint density at radius 1 is 1.07 bits per heavy atom. The number of aromatic nitrogens is 1. The highest BCUT2D eigenvalue weighted by atomic mass is 19.1. The van der Waals surface area contributed by atoms with Crippen LogP contribution in [0.15, 0.2) is 65.2 Å². The zero-order valence-corrected chi connectivity index (χ0v) is 16.6. The van der Waals surface area contributed by atoms with Gasteiger partial charge < -0.3 is 14.7 Å². The fourth-order valence-corrected chi connectivity index (χ4v) is 3.69. The number of piperidine rings is 1. The summed E-state index contributed by atoms with van der Waals surface area (Å²) in [5, 5.41) is 6.46. The van der Waals surface area contributed by atoms with Gasteiger partial charge in [0.2, 0.25) is 0 Å². The number of rotatable bonds is 4. The third-order valence-corrected chi connectivity index (χ3v) is 5.52. The molecule has 7 heteroatoms. The van der Waals surface area contributed by atoms with E-state index in [2.05, 4.69) is 10.5 Å². The maximum atomic E-state index is 15.3. The molecule has 30 heavy (non-hydrogen) atoms. The van der Waals surface area contributed by atoms with E-state index in [1.165, 1.54) is 0 Å². The molecule has 1 aromatic heterocycles. The highest BCUT2D eigenvalue weighted by Crippen LogP contribution is 2.37. The van der Waals surface area contributed by atoms with Gasteiger partial charge in [0, 0.05) is 50.2 Å². The molecule has 0 aliphatic carbocycles. The van der Waals surface area contributed by atoms with E-state index in [4.69, 9.17) is 4.52 Å². The van der Waals surface area contributed by atoms with Crippen molar-refractivity contribution in [2.75, 3.05) is 20.1 Å². The fraction of sp³-hybridized carbons (Fsp3) is 0.261. The number of benzene rings is 2. The third kappa shape index (κ3) is 3.83. The average Bonchev–Trinajstić information content (AvgIpc) is 3.30. The normalized spacial score (nSPS) is 15.6. The fourth-order valence-electron chi connectivity index (χ4n) is 3.69. The number of hydrogen-bond acceptors (Lipinski definition) is 4. The largest absolute Gasteiger partial charge is 0.355 e. The van der Waals surface area contributed by atoms with Crippen molar-refractivity contribution in [1.82, 2.24) is 15.4 Å². The number of halogens is 1. The summed E-state index contributed by atoms with van der Waals surface area (Å²) in [4.78, 5) is 26.1. The Labute approximate surface area is 173 Å². The van der Waals surface area contributed by atoms with E-state index in [-0.39, 0.29) is 30.3 Å². The number of nitrogens with zero attached hydrogens (tertiary/aromatic N) is 2. The van der Waals surface area contributed by atoms with Crippen molar-refractivity contribution >= 4 is 11.8 Å². The molecule has 1 fully saturated rings. The number of amides is 2. The van der Waals surface area contributed by atoms with Crippen LogP contribution in [0, 0.1) is 0 Å². The molecule has 0 radical (unpaired) electrons. The van der Waals surface area contributed by atoms with E-state index in [9.17, 15) is 9.59 Å². The van der Waals surface area contributed by atoms with E-state index in [1.54, 1.807) is 54.4 Å². The van der Waals surface area contributed by atoms with Crippen LogP contribution in [-0.2, 0) is 5.67 Å². The molecule has 1 N–H and O–H groups in total. The molecule has 3 aromatic rings. The Morgan fingerprint density at radius 3 is 2.37 bits per heavy atom. The second kappa shape index (κ2) is 8.10. The average molecular weight is 407 g/mol. The van der Waals surface area contributed by atoms with E-state index in [0.717, 1.165) is 0 Å². The highest BCUT2D eigenvalue weighted by molar-refractivity contribution is 5.95. The van der Waals surface area contributed by atoms with E-state index in [0.29, 0.717) is 35.5 Å². The SMILES string of the molecule is CNC(=O)c1ccc(-c2cc(C(=O)N3CCC(F)(c4ccccc4)CC3)no2)cc1. The van der Waals surface area contributed by atoms with Gasteiger partial charge in [-0.3, -0.25) is 9.59 Å². The van der Waals surface area contributed by atoms with Crippen molar-refractivity contribution in [1.29, 1.82) is 0 Å². The molecular formula is C23H22FN3O3. The van der Waals surface area contributed by atoms with Crippen LogP contribution >= 0.6 is 0 Å². The van der Waals surface area contributed by atoms with Crippen molar-refractivity contribution in [3.63, 3.8) is 0 Å². The van der Waals surface area contributed by atoms with Gasteiger partial charge in [-0.15, -0.1) is 0 Å². The number of carbonyl (C=O) groups excluding carboxylic acids is 2. The van der Waals surface area contributed by atoms with Crippen LogP contribution in [-0.4, -0.2) is 42.0 Å². The lowest BCUT2D eigenvalue weighted by Gasteiger charge is -2.36. The summed E-state index contributed by atoms with van der Waals surface area (Å²) in [6, 6.07) is 17.5. The number of nitrogens with one attached hydrogen (secondary N) is 1. The van der Waals surface area contributed by atoms with Gasteiger partial charge in [-0.2, -0.15) is 0 Å². The predicted octanol–water partition coefficient (Wildman–Crippen LogP) is 3.80. The number of hydrogen-bond donors (Lipinski definition) is 1. The molecule has 6 nitrogen and oxygen atoms in total. The minimum absolute atomic E-state index is 0.181. The highest BCUT2D eigenvalue weighted by Gasteiger charge is 2.38. The van der Waals surface area contributed by atoms with Gasteiger partial charge in [-0.05, 0) is 17.7 Å². The van der Waals surface area contributed by atoms with Crippen molar-refractivity contribution in [3.8, 4) is 11.3 Å². The summed E-state index contributed by atoms with van der Waals surface area (Å²) in [5.74, 6) is -0.0236. The first-order chi connectivity index (χ1) is 14.5. The molecule has 1 aliphatic heterocycles. The Morgan fingerprint density at radius 2 is 1.73 bits per heavy atom. The van der Waals surface area contributed by atoms with Gasteiger partial charge in [-0.25, -0.2) is 4.39 Å². The maximum Gasteiger partial charge on any atom is 0.276 e. The summed E-state index contributed by atoms with van der Waals surface area (Å²) in [7, 11) is 1.57. The van der Waals surface area contributed by atoms with Gasteiger partial charge in [0.1, 0.15) is 5.67 Å². The number of likely N-dealkylation sites (tertiary alicyclic amines) is 1.